The quantitative estimate of drug-likeness (QED) is 0.727. The van der Waals surface area contributed by atoms with Crippen LogP contribution in [0.3, 0.4) is 0 Å². The molecule has 0 amide bonds. The summed E-state index contributed by atoms with van der Waals surface area (Å²) in [5, 5.41) is 8.91. The van der Waals surface area contributed by atoms with Crippen LogP contribution in [0.25, 0.3) is 0 Å². The fraction of sp³-hybridized carbons (Fsp3) is 0.769. The van der Waals surface area contributed by atoms with Crippen LogP contribution in [0.15, 0.2) is 0 Å². The standard InChI is InChI=1S/C13H20N2O2/c1-2-6-15(10-13(16)17)12-5-8-14-7-3-4-11(14)9-12/h1,11-12H,3-10H2,(H,16,17). The fourth-order valence-corrected chi connectivity index (χ4v) is 3.14. The smallest absolute Gasteiger partial charge is 0.317 e. The number of carboxylic acids is 1. The second-order valence-corrected chi connectivity index (χ2v) is 5.01. The molecule has 2 unspecified atom stereocenters. The van der Waals surface area contributed by atoms with Crippen LogP contribution < -0.4 is 0 Å². The van der Waals surface area contributed by atoms with Gasteiger partial charge >= 0.3 is 5.97 Å². The van der Waals surface area contributed by atoms with Gasteiger partial charge in [0.1, 0.15) is 0 Å². The van der Waals surface area contributed by atoms with Crippen LogP contribution in [0, 0.1) is 12.3 Å². The maximum atomic E-state index is 10.8. The lowest BCUT2D eigenvalue weighted by Crippen LogP contribution is -2.49. The van der Waals surface area contributed by atoms with E-state index in [1.165, 1.54) is 19.4 Å². The first-order valence-corrected chi connectivity index (χ1v) is 6.34. The molecule has 2 rings (SSSR count). The molecule has 2 heterocycles. The molecule has 0 spiro atoms. The molecule has 4 nitrogen and oxygen atoms in total. The van der Waals surface area contributed by atoms with E-state index in [1.54, 1.807) is 0 Å². The number of fused-ring (bicyclic) bond motifs is 1. The highest BCUT2D eigenvalue weighted by Gasteiger charge is 2.34. The summed E-state index contributed by atoms with van der Waals surface area (Å²) in [6.07, 6.45) is 9.99. The fourth-order valence-electron chi connectivity index (χ4n) is 3.14. The van der Waals surface area contributed by atoms with Gasteiger partial charge in [0, 0.05) is 12.1 Å². The molecule has 2 saturated heterocycles. The predicted octanol–water partition coefficient (Wildman–Crippen LogP) is 0.633. The van der Waals surface area contributed by atoms with Gasteiger partial charge in [0.05, 0.1) is 13.1 Å². The Balaban J connectivity index is 1.94. The lowest BCUT2D eigenvalue weighted by molar-refractivity contribution is -0.139. The number of rotatable bonds is 4. The topological polar surface area (TPSA) is 43.8 Å². The highest BCUT2D eigenvalue weighted by Crippen LogP contribution is 2.29. The molecule has 0 saturated carbocycles. The van der Waals surface area contributed by atoms with E-state index in [0.717, 1.165) is 19.4 Å². The molecular weight excluding hydrogens is 216 g/mol. The van der Waals surface area contributed by atoms with Crippen molar-refractivity contribution in [2.24, 2.45) is 0 Å². The highest BCUT2D eigenvalue weighted by molar-refractivity contribution is 5.69. The van der Waals surface area contributed by atoms with Crippen molar-refractivity contribution in [1.82, 2.24) is 9.80 Å². The molecule has 94 valence electrons. The summed E-state index contributed by atoms with van der Waals surface area (Å²) in [5.41, 5.74) is 0. The first-order valence-electron chi connectivity index (χ1n) is 6.34. The summed E-state index contributed by atoms with van der Waals surface area (Å²) in [4.78, 5) is 15.3. The van der Waals surface area contributed by atoms with E-state index < -0.39 is 5.97 Å². The van der Waals surface area contributed by atoms with E-state index in [-0.39, 0.29) is 6.54 Å². The first kappa shape index (κ1) is 12.4. The Morgan fingerprint density at radius 3 is 3.00 bits per heavy atom. The zero-order chi connectivity index (χ0) is 12.3. The van der Waals surface area contributed by atoms with Crippen molar-refractivity contribution >= 4 is 5.97 Å². The summed E-state index contributed by atoms with van der Waals surface area (Å²) in [7, 11) is 0. The van der Waals surface area contributed by atoms with E-state index in [0.29, 0.717) is 18.6 Å². The number of nitrogens with zero attached hydrogens (tertiary/aromatic N) is 2. The largest absolute Gasteiger partial charge is 0.480 e. The van der Waals surface area contributed by atoms with Gasteiger partial charge in [-0.25, -0.2) is 0 Å². The van der Waals surface area contributed by atoms with Gasteiger partial charge in [-0.05, 0) is 38.8 Å². The number of hydrogen-bond acceptors (Lipinski definition) is 3. The molecule has 2 aliphatic heterocycles. The maximum Gasteiger partial charge on any atom is 0.317 e. The number of aliphatic carboxylic acids is 1. The van der Waals surface area contributed by atoms with Crippen molar-refractivity contribution in [3.63, 3.8) is 0 Å². The summed E-state index contributed by atoms with van der Waals surface area (Å²) in [6.45, 7) is 2.83. The van der Waals surface area contributed by atoms with Gasteiger partial charge < -0.3 is 10.0 Å². The summed E-state index contributed by atoms with van der Waals surface area (Å²) >= 11 is 0. The van der Waals surface area contributed by atoms with E-state index in [1.807, 2.05) is 4.90 Å². The highest BCUT2D eigenvalue weighted by atomic mass is 16.4. The molecule has 1 N–H and O–H groups in total. The first-order chi connectivity index (χ1) is 8.20. The van der Waals surface area contributed by atoms with E-state index in [4.69, 9.17) is 11.5 Å². The van der Waals surface area contributed by atoms with Crippen molar-refractivity contribution in [2.45, 2.75) is 37.8 Å². The molecule has 0 aromatic carbocycles. The zero-order valence-corrected chi connectivity index (χ0v) is 10.1. The van der Waals surface area contributed by atoms with Gasteiger partial charge in [-0.15, -0.1) is 6.42 Å². The normalized spacial score (nSPS) is 28.9. The van der Waals surface area contributed by atoms with Crippen molar-refractivity contribution < 1.29 is 9.90 Å². The second kappa shape index (κ2) is 5.52. The van der Waals surface area contributed by atoms with Crippen molar-refractivity contribution in [2.75, 3.05) is 26.2 Å². The van der Waals surface area contributed by atoms with Crippen LogP contribution in [-0.2, 0) is 4.79 Å². The molecule has 17 heavy (non-hydrogen) atoms. The Bertz CT molecular complexity index is 324. The third kappa shape index (κ3) is 2.99. The van der Waals surface area contributed by atoms with E-state index in [2.05, 4.69) is 10.8 Å². The average Bonchev–Trinajstić information content (AvgIpc) is 2.74. The van der Waals surface area contributed by atoms with Gasteiger partial charge in [0.25, 0.3) is 0 Å². The molecule has 2 aliphatic rings. The minimum Gasteiger partial charge on any atom is -0.480 e. The molecule has 0 aliphatic carbocycles. The van der Waals surface area contributed by atoms with Crippen LogP contribution in [0.1, 0.15) is 25.7 Å². The Hall–Kier alpha value is -1.05. The number of hydrogen-bond donors (Lipinski definition) is 1. The third-order valence-corrected chi connectivity index (χ3v) is 3.94. The van der Waals surface area contributed by atoms with Gasteiger partial charge in [-0.1, -0.05) is 5.92 Å². The molecule has 0 aromatic heterocycles. The lowest BCUT2D eigenvalue weighted by atomic mass is 9.96. The zero-order valence-electron chi connectivity index (χ0n) is 10.1. The van der Waals surface area contributed by atoms with Crippen LogP contribution in [0.4, 0.5) is 0 Å². The predicted molar refractivity (Wildman–Crippen MR) is 65.7 cm³/mol. The molecule has 0 radical (unpaired) electrons. The van der Waals surface area contributed by atoms with E-state index in [9.17, 15) is 4.79 Å². The van der Waals surface area contributed by atoms with Crippen molar-refractivity contribution in [1.29, 1.82) is 0 Å². The van der Waals surface area contributed by atoms with Gasteiger partial charge in [-0.2, -0.15) is 0 Å². The van der Waals surface area contributed by atoms with Crippen LogP contribution in [-0.4, -0.2) is 59.1 Å². The van der Waals surface area contributed by atoms with Crippen molar-refractivity contribution in [3.05, 3.63) is 0 Å². The summed E-state index contributed by atoms with van der Waals surface area (Å²) in [6, 6.07) is 1.00. The average molecular weight is 236 g/mol. The Morgan fingerprint density at radius 1 is 1.47 bits per heavy atom. The molecule has 2 atom stereocenters. The molecule has 0 aromatic rings. The third-order valence-electron chi connectivity index (χ3n) is 3.94. The summed E-state index contributed by atoms with van der Waals surface area (Å²) < 4.78 is 0. The molecular formula is C13H20N2O2. The molecule has 4 heteroatoms. The van der Waals surface area contributed by atoms with Gasteiger partial charge in [-0.3, -0.25) is 9.69 Å². The minimum atomic E-state index is -0.783. The van der Waals surface area contributed by atoms with Gasteiger partial charge in [0.2, 0.25) is 0 Å². The molecule has 0 bridgehead atoms. The SMILES string of the molecule is C#CCN(CC(=O)O)C1CCN2CCCC2C1. The molecule has 2 fully saturated rings. The Kier molecular flexibility index (Phi) is 4.03. The van der Waals surface area contributed by atoms with Crippen molar-refractivity contribution in [3.8, 4) is 12.3 Å². The number of terminal acetylenes is 1. The number of carboxylic acid groups (broad SMARTS) is 1. The van der Waals surface area contributed by atoms with Gasteiger partial charge in [0.15, 0.2) is 0 Å². The number of piperidine rings is 1. The minimum absolute atomic E-state index is 0.0710. The lowest BCUT2D eigenvalue weighted by Gasteiger charge is -2.39. The van der Waals surface area contributed by atoms with Crippen LogP contribution >= 0.6 is 0 Å². The Morgan fingerprint density at radius 2 is 2.29 bits per heavy atom. The second-order valence-electron chi connectivity index (χ2n) is 5.01. The summed E-state index contributed by atoms with van der Waals surface area (Å²) in [5.74, 6) is 1.80. The van der Waals surface area contributed by atoms with Crippen LogP contribution in [0.2, 0.25) is 0 Å². The maximum absolute atomic E-state index is 10.8. The van der Waals surface area contributed by atoms with E-state index >= 15 is 0 Å². The van der Waals surface area contributed by atoms with Crippen LogP contribution in [0.5, 0.6) is 0 Å². The Labute approximate surface area is 103 Å². The monoisotopic (exact) mass is 236 g/mol. The number of carbonyl (C=O) groups is 1.